The number of nitrogens with zero attached hydrogens (tertiary/aromatic N) is 3. The number of hydrogen-bond donors (Lipinski definition) is 1. The highest BCUT2D eigenvalue weighted by atomic mass is 16.6. The summed E-state index contributed by atoms with van der Waals surface area (Å²) in [7, 11) is 0. The van der Waals surface area contributed by atoms with Crippen LogP contribution in [-0.4, -0.2) is 26.2 Å². The van der Waals surface area contributed by atoms with Crippen molar-refractivity contribution in [3.8, 4) is 0 Å². The van der Waals surface area contributed by atoms with Crippen LogP contribution in [0, 0.1) is 10.1 Å². The molecule has 0 aliphatic carbocycles. The summed E-state index contributed by atoms with van der Waals surface area (Å²) in [4.78, 5) is 13.7. The van der Waals surface area contributed by atoms with Gasteiger partial charge in [-0.05, 0) is 18.8 Å². The Hall–Kier alpha value is -1.43. The van der Waals surface area contributed by atoms with Crippen molar-refractivity contribution in [3.05, 3.63) is 22.6 Å². The first-order valence-corrected chi connectivity index (χ1v) is 3.77. The van der Waals surface area contributed by atoms with Crippen LogP contribution in [0.3, 0.4) is 0 Å². The molecule has 0 spiro atoms. The normalized spacial score (nSPS) is 11.6. The minimum absolute atomic E-state index is 0.112. The molecule has 0 aromatic carbocycles. The fourth-order valence-corrected chi connectivity index (χ4v) is 0.966. The Balaban J connectivity index is 3.14. The lowest BCUT2D eigenvalue weighted by Gasteiger charge is -2.18. The summed E-state index contributed by atoms with van der Waals surface area (Å²) in [6.45, 7) is 3.22. The molecule has 1 heterocycles. The number of aliphatic hydroxyl groups is 1. The second kappa shape index (κ2) is 3.14. The van der Waals surface area contributed by atoms with E-state index in [1.54, 1.807) is 13.8 Å². The van der Waals surface area contributed by atoms with E-state index in [0.29, 0.717) is 0 Å². The Kier molecular flexibility index (Phi) is 2.33. The van der Waals surface area contributed by atoms with Gasteiger partial charge in [-0.25, -0.2) is 9.55 Å². The lowest BCUT2D eigenvalue weighted by atomic mass is 10.1. The summed E-state index contributed by atoms with van der Waals surface area (Å²) < 4.78 is 1.34. The number of imidazole rings is 1. The Morgan fingerprint density at radius 2 is 2.38 bits per heavy atom. The average molecular weight is 185 g/mol. The van der Waals surface area contributed by atoms with Crippen LogP contribution in [0.4, 0.5) is 5.82 Å². The summed E-state index contributed by atoms with van der Waals surface area (Å²) in [6, 6.07) is 0. The zero-order valence-corrected chi connectivity index (χ0v) is 7.47. The maximum atomic E-state index is 10.5. The first-order valence-electron chi connectivity index (χ1n) is 3.77. The number of hydrogen-bond acceptors (Lipinski definition) is 4. The highest BCUT2D eigenvalue weighted by Crippen LogP contribution is 2.21. The molecule has 0 unspecified atom stereocenters. The molecule has 6 heteroatoms. The van der Waals surface area contributed by atoms with Crippen molar-refractivity contribution in [2.24, 2.45) is 0 Å². The van der Waals surface area contributed by atoms with Crippen LogP contribution in [0.25, 0.3) is 0 Å². The van der Waals surface area contributed by atoms with Gasteiger partial charge in [-0.1, -0.05) is 0 Å². The van der Waals surface area contributed by atoms with Crippen molar-refractivity contribution in [1.82, 2.24) is 9.55 Å². The molecule has 0 bridgehead atoms. The van der Waals surface area contributed by atoms with Crippen molar-refractivity contribution in [3.63, 3.8) is 0 Å². The number of nitro groups is 1. The topological polar surface area (TPSA) is 81.2 Å². The summed E-state index contributed by atoms with van der Waals surface area (Å²) in [5, 5.41) is 19.5. The first-order chi connectivity index (χ1) is 5.99. The van der Waals surface area contributed by atoms with Gasteiger partial charge in [0.2, 0.25) is 0 Å². The third-order valence-electron chi connectivity index (χ3n) is 1.85. The second-order valence-corrected chi connectivity index (χ2v) is 3.35. The summed E-state index contributed by atoms with van der Waals surface area (Å²) in [5.41, 5.74) is -0.696. The molecule has 0 atom stereocenters. The average Bonchev–Trinajstić information content (AvgIpc) is 2.52. The van der Waals surface area contributed by atoms with Gasteiger partial charge in [-0.3, -0.25) is 0 Å². The molecule has 13 heavy (non-hydrogen) atoms. The largest absolute Gasteiger partial charge is 0.392 e. The van der Waals surface area contributed by atoms with E-state index in [1.165, 1.54) is 10.9 Å². The van der Waals surface area contributed by atoms with Crippen LogP contribution >= 0.6 is 0 Å². The third kappa shape index (κ3) is 1.67. The molecule has 1 aromatic rings. The summed E-state index contributed by atoms with van der Waals surface area (Å²) in [5.74, 6) is -0.112. The zero-order valence-electron chi connectivity index (χ0n) is 7.47. The van der Waals surface area contributed by atoms with Gasteiger partial charge in [0.1, 0.15) is 11.7 Å². The van der Waals surface area contributed by atoms with E-state index >= 15 is 0 Å². The monoisotopic (exact) mass is 185 g/mol. The smallest absolute Gasteiger partial charge is 0.343 e. The molecule has 0 aliphatic heterocycles. The number of aromatic nitrogens is 2. The van der Waals surface area contributed by atoms with E-state index < -0.39 is 10.5 Å². The minimum atomic E-state index is -0.696. The van der Waals surface area contributed by atoms with E-state index in [-0.39, 0.29) is 12.4 Å². The minimum Gasteiger partial charge on any atom is -0.392 e. The molecule has 6 nitrogen and oxygen atoms in total. The van der Waals surface area contributed by atoms with Crippen LogP contribution in [0.15, 0.2) is 12.5 Å². The standard InChI is InChI=1S/C7H11N3O3/c1-7(2,4-11)9-5-8-3-6(9)10(12)13/h3,5,11H,4H2,1-2H3. The maximum absolute atomic E-state index is 10.5. The highest BCUT2D eigenvalue weighted by molar-refractivity contribution is 5.17. The van der Waals surface area contributed by atoms with E-state index in [4.69, 9.17) is 5.11 Å². The molecule has 0 amide bonds. The predicted molar refractivity (Wildman–Crippen MR) is 45.3 cm³/mol. The van der Waals surface area contributed by atoms with Gasteiger partial charge in [0.25, 0.3) is 0 Å². The van der Waals surface area contributed by atoms with Crippen LogP contribution < -0.4 is 0 Å². The molecule has 0 aliphatic rings. The summed E-state index contributed by atoms with van der Waals surface area (Å²) >= 11 is 0. The van der Waals surface area contributed by atoms with Gasteiger partial charge in [0.05, 0.1) is 6.61 Å². The van der Waals surface area contributed by atoms with Gasteiger partial charge in [-0.2, -0.15) is 0 Å². The number of rotatable bonds is 3. The van der Waals surface area contributed by atoms with Gasteiger partial charge < -0.3 is 15.2 Å². The molecule has 0 saturated heterocycles. The molecular formula is C7H11N3O3. The van der Waals surface area contributed by atoms with E-state index in [1.807, 2.05) is 0 Å². The van der Waals surface area contributed by atoms with Gasteiger partial charge in [-0.15, -0.1) is 0 Å². The van der Waals surface area contributed by atoms with Crippen LogP contribution in [0.1, 0.15) is 13.8 Å². The van der Waals surface area contributed by atoms with Gasteiger partial charge in [0.15, 0.2) is 6.33 Å². The molecule has 0 radical (unpaired) electrons. The molecule has 0 saturated carbocycles. The number of aliphatic hydroxyl groups excluding tert-OH is 1. The van der Waals surface area contributed by atoms with E-state index in [0.717, 1.165) is 6.20 Å². The van der Waals surface area contributed by atoms with Gasteiger partial charge >= 0.3 is 5.82 Å². The lowest BCUT2D eigenvalue weighted by molar-refractivity contribution is -0.393. The van der Waals surface area contributed by atoms with Crippen molar-refractivity contribution in [2.45, 2.75) is 19.4 Å². The Labute approximate surface area is 75.0 Å². The maximum Gasteiger partial charge on any atom is 0.343 e. The van der Waals surface area contributed by atoms with Gasteiger partial charge in [0, 0.05) is 0 Å². The second-order valence-electron chi connectivity index (χ2n) is 3.35. The first kappa shape index (κ1) is 9.66. The molecule has 1 aromatic heterocycles. The molecular weight excluding hydrogens is 174 g/mol. The molecule has 1 rings (SSSR count). The molecule has 1 N–H and O–H groups in total. The fraction of sp³-hybridized carbons (Fsp3) is 0.571. The van der Waals surface area contributed by atoms with Crippen molar-refractivity contribution >= 4 is 5.82 Å². The third-order valence-corrected chi connectivity index (χ3v) is 1.85. The Morgan fingerprint density at radius 1 is 1.77 bits per heavy atom. The predicted octanol–water partition coefficient (Wildman–Crippen LogP) is 0.519. The van der Waals surface area contributed by atoms with Crippen molar-refractivity contribution in [1.29, 1.82) is 0 Å². The van der Waals surface area contributed by atoms with Crippen LogP contribution in [0.2, 0.25) is 0 Å². The van der Waals surface area contributed by atoms with Crippen LogP contribution in [-0.2, 0) is 5.54 Å². The Morgan fingerprint density at radius 3 is 2.85 bits per heavy atom. The zero-order chi connectivity index (χ0) is 10.1. The summed E-state index contributed by atoms with van der Waals surface area (Å²) in [6.07, 6.45) is 2.51. The fourth-order valence-electron chi connectivity index (χ4n) is 0.966. The van der Waals surface area contributed by atoms with E-state index in [9.17, 15) is 10.1 Å². The Bertz CT molecular complexity index is 319. The van der Waals surface area contributed by atoms with E-state index in [2.05, 4.69) is 4.98 Å². The highest BCUT2D eigenvalue weighted by Gasteiger charge is 2.29. The SMILES string of the molecule is CC(C)(CO)n1cncc1[N+](=O)[O-]. The van der Waals surface area contributed by atoms with Crippen molar-refractivity contribution < 1.29 is 10.0 Å². The molecule has 0 fully saturated rings. The quantitative estimate of drug-likeness (QED) is 0.549. The van der Waals surface area contributed by atoms with Crippen LogP contribution in [0.5, 0.6) is 0 Å². The van der Waals surface area contributed by atoms with Crippen molar-refractivity contribution in [2.75, 3.05) is 6.61 Å². The molecule has 72 valence electrons. The lowest BCUT2D eigenvalue weighted by Crippen LogP contribution is -2.30.